The summed E-state index contributed by atoms with van der Waals surface area (Å²) < 4.78 is 0. The third-order valence-corrected chi connectivity index (χ3v) is 4.01. The molecule has 0 bridgehead atoms. The van der Waals surface area contributed by atoms with Gasteiger partial charge in [0.05, 0.1) is 5.41 Å². The molecule has 0 amide bonds. The number of likely N-dealkylation sites (tertiary alicyclic amines) is 1. The number of carboxylic acid groups (broad SMARTS) is 1. The average molecular weight is 247 g/mol. The standard InChI is InChI=1S/C15H21NO2/c1-15(2,14(17)18)13-6-4-5-11(9-13)12-7-8-16(3)10-12/h4-6,9,12H,7-8,10H2,1-3H3,(H,17,18). The zero-order valence-electron chi connectivity index (χ0n) is 11.3. The normalized spacial score (nSPS) is 21.2. The minimum absolute atomic E-state index is 0.541. The van der Waals surface area contributed by atoms with Gasteiger partial charge in [0.15, 0.2) is 0 Å². The molecule has 1 atom stereocenters. The Morgan fingerprint density at radius 3 is 2.72 bits per heavy atom. The van der Waals surface area contributed by atoms with Gasteiger partial charge in [0, 0.05) is 6.54 Å². The van der Waals surface area contributed by atoms with E-state index in [1.54, 1.807) is 13.8 Å². The SMILES string of the molecule is CN1CCC(c2cccc(C(C)(C)C(=O)O)c2)C1. The molecule has 1 fully saturated rings. The fraction of sp³-hybridized carbons (Fsp3) is 0.533. The highest BCUT2D eigenvalue weighted by atomic mass is 16.4. The summed E-state index contributed by atoms with van der Waals surface area (Å²) >= 11 is 0. The van der Waals surface area contributed by atoms with E-state index in [0.29, 0.717) is 5.92 Å². The Labute approximate surface area is 108 Å². The number of hydrogen-bond donors (Lipinski definition) is 1. The number of carboxylic acids is 1. The molecule has 1 aliphatic heterocycles. The van der Waals surface area contributed by atoms with Crippen molar-refractivity contribution >= 4 is 5.97 Å². The molecule has 3 nitrogen and oxygen atoms in total. The lowest BCUT2D eigenvalue weighted by atomic mass is 9.82. The van der Waals surface area contributed by atoms with Crippen LogP contribution >= 0.6 is 0 Å². The van der Waals surface area contributed by atoms with Crippen LogP contribution in [0.3, 0.4) is 0 Å². The van der Waals surface area contributed by atoms with Crippen molar-refractivity contribution in [3.05, 3.63) is 35.4 Å². The smallest absolute Gasteiger partial charge is 0.313 e. The number of hydrogen-bond acceptors (Lipinski definition) is 2. The zero-order valence-corrected chi connectivity index (χ0v) is 11.3. The van der Waals surface area contributed by atoms with Gasteiger partial charge < -0.3 is 10.0 Å². The lowest BCUT2D eigenvalue weighted by Crippen LogP contribution is -2.28. The molecule has 1 unspecified atom stereocenters. The highest BCUT2D eigenvalue weighted by molar-refractivity contribution is 5.80. The maximum atomic E-state index is 11.3. The first-order chi connectivity index (χ1) is 8.41. The second-order valence-corrected chi connectivity index (χ2v) is 5.80. The van der Waals surface area contributed by atoms with Crippen molar-refractivity contribution in [2.45, 2.75) is 31.6 Å². The van der Waals surface area contributed by atoms with Gasteiger partial charge in [-0.2, -0.15) is 0 Å². The summed E-state index contributed by atoms with van der Waals surface area (Å²) in [4.78, 5) is 13.6. The molecule has 0 aliphatic carbocycles. The van der Waals surface area contributed by atoms with E-state index in [0.717, 1.165) is 25.1 Å². The molecule has 1 heterocycles. The lowest BCUT2D eigenvalue weighted by Gasteiger charge is -2.21. The average Bonchev–Trinajstić information content (AvgIpc) is 2.76. The number of rotatable bonds is 3. The van der Waals surface area contributed by atoms with Crippen LogP contribution in [0.1, 0.15) is 37.3 Å². The molecule has 1 aliphatic rings. The molecule has 98 valence electrons. The van der Waals surface area contributed by atoms with E-state index in [-0.39, 0.29) is 0 Å². The van der Waals surface area contributed by atoms with E-state index in [1.165, 1.54) is 5.56 Å². The van der Waals surface area contributed by atoms with Crippen LogP contribution in [0.25, 0.3) is 0 Å². The largest absolute Gasteiger partial charge is 0.481 e. The van der Waals surface area contributed by atoms with Gasteiger partial charge in [0.25, 0.3) is 0 Å². The first-order valence-corrected chi connectivity index (χ1v) is 6.43. The van der Waals surface area contributed by atoms with Gasteiger partial charge >= 0.3 is 5.97 Å². The fourth-order valence-corrected chi connectivity index (χ4v) is 2.51. The third kappa shape index (κ3) is 2.41. The van der Waals surface area contributed by atoms with Gasteiger partial charge in [-0.05, 0) is 50.9 Å². The molecule has 0 saturated carbocycles. The molecular weight excluding hydrogens is 226 g/mol. The minimum Gasteiger partial charge on any atom is -0.481 e. The van der Waals surface area contributed by atoms with Crippen molar-refractivity contribution in [2.24, 2.45) is 0 Å². The van der Waals surface area contributed by atoms with Crippen LogP contribution in [0.5, 0.6) is 0 Å². The van der Waals surface area contributed by atoms with Gasteiger partial charge in [0.2, 0.25) is 0 Å². The summed E-state index contributed by atoms with van der Waals surface area (Å²) in [5, 5.41) is 9.28. The summed E-state index contributed by atoms with van der Waals surface area (Å²) in [7, 11) is 2.13. The van der Waals surface area contributed by atoms with Gasteiger partial charge in [-0.1, -0.05) is 24.3 Å². The molecule has 1 aromatic carbocycles. The molecule has 0 radical (unpaired) electrons. The molecule has 1 N–H and O–H groups in total. The monoisotopic (exact) mass is 247 g/mol. The van der Waals surface area contributed by atoms with E-state index < -0.39 is 11.4 Å². The van der Waals surface area contributed by atoms with Gasteiger partial charge in [-0.15, -0.1) is 0 Å². The molecule has 1 aromatic rings. The van der Waals surface area contributed by atoms with Crippen molar-refractivity contribution in [1.29, 1.82) is 0 Å². The lowest BCUT2D eigenvalue weighted by molar-refractivity contribution is -0.142. The highest BCUT2D eigenvalue weighted by Crippen LogP contribution is 2.30. The van der Waals surface area contributed by atoms with Crippen LogP contribution in [-0.4, -0.2) is 36.1 Å². The van der Waals surface area contributed by atoms with Crippen molar-refractivity contribution in [3.8, 4) is 0 Å². The van der Waals surface area contributed by atoms with Crippen LogP contribution in [0.4, 0.5) is 0 Å². The van der Waals surface area contributed by atoms with E-state index in [9.17, 15) is 9.90 Å². The molecule has 1 saturated heterocycles. The number of carbonyl (C=O) groups is 1. The quantitative estimate of drug-likeness (QED) is 0.892. The maximum absolute atomic E-state index is 11.3. The second-order valence-electron chi connectivity index (χ2n) is 5.80. The Kier molecular flexibility index (Phi) is 3.44. The molecule has 18 heavy (non-hydrogen) atoms. The van der Waals surface area contributed by atoms with Crippen LogP contribution in [0.2, 0.25) is 0 Å². The second kappa shape index (κ2) is 4.73. The van der Waals surface area contributed by atoms with Crippen molar-refractivity contribution in [2.75, 3.05) is 20.1 Å². The molecule has 3 heteroatoms. The topological polar surface area (TPSA) is 40.5 Å². The zero-order chi connectivity index (χ0) is 13.3. The van der Waals surface area contributed by atoms with Crippen molar-refractivity contribution in [1.82, 2.24) is 4.90 Å². The van der Waals surface area contributed by atoms with Crippen LogP contribution in [0, 0.1) is 0 Å². The molecule has 0 spiro atoms. The molecule has 2 rings (SSSR count). The van der Waals surface area contributed by atoms with E-state index in [1.807, 2.05) is 12.1 Å². The summed E-state index contributed by atoms with van der Waals surface area (Å²) in [5.41, 5.74) is 1.34. The number of nitrogens with zero attached hydrogens (tertiary/aromatic N) is 1. The first-order valence-electron chi connectivity index (χ1n) is 6.43. The number of likely N-dealkylation sites (N-methyl/N-ethyl adjacent to an activating group) is 1. The van der Waals surface area contributed by atoms with E-state index >= 15 is 0 Å². The number of benzene rings is 1. The van der Waals surface area contributed by atoms with Crippen LogP contribution in [0.15, 0.2) is 24.3 Å². The third-order valence-electron chi connectivity index (χ3n) is 4.01. The van der Waals surface area contributed by atoms with Gasteiger partial charge in [-0.3, -0.25) is 4.79 Å². The van der Waals surface area contributed by atoms with Gasteiger partial charge in [0.1, 0.15) is 0 Å². The number of aliphatic carboxylic acids is 1. The van der Waals surface area contributed by atoms with Gasteiger partial charge in [-0.25, -0.2) is 0 Å². The Morgan fingerprint density at radius 2 is 2.17 bits per heavy atom. The Bertz CT molecular complexity index is 454. The Balaban J connectivity index is 2.28. The Hall–Kier alpha value is -1.35. The summed E-state index contributed by atoms with van der Waals surface area (Å²) in [5.74, 6) is -0.234. The fourth-order valence-electron chi connectivity index (χ4n) is 2.51. The predicted molar refractivity (Wildman–Crippen MR) is 72.0 cm³/mol. The van der Waals surface area contributed by atoms with Crippen LogP contribution < -0.4 is 0 Å². The predicted octanol–water partition coefficient (Wildman–Crippen LogP) is 2.47. The summed E-state index contributed by atoms with van der Waals surface area (Å²) in [6, 6.07) is 8.08. The highest BCUT2D eigenvalue weighted by Gasteiger charge is 2.30. The summed E-state index contributed by atoms with van der Waals surface area (Å²) in [6.07, 6.45) is 1.16. The first kappa shape index (κ1) is 13.1. The van der Waals surface area contributed by atoms with Crippen molar-refractivity contribution in [3.63, 3.8) is 0 Å². The van der Waals surface area contributed by atoms with Crippen molar-refractivity contribution < 1.29 is 9.90 Å². The Morgan fingerprint density at radius 1 is 1.44 bits per heavy atom. The van der Waals surface area contributed by atoms with E-state index in [2.05, 4.69) is 24.1 Å². The van der Waals surface area contributed by atoms with E-state index in [4.69, 9.17) is 0 Å². The molecular formula is C15H21NO2. The molecule has 0 aromatic heterocycles. The summed E-state index contributed by atoms with van der Waals surface area (Å²) in [6.45, 7) is 5.71. The van der Waals surface area contributed by atoms with Crippen LogP contribution in [-0.2, 0) is 10.2 Å². The maximum Gasteiger partial charge on any atom is 0.313 e. The minimum atomic E-state index is -0.819.